The minimum Gasteiger partial charge on any atom is -0.483 e. The Hall–Kier alpha value is -3.46. The highest BCUT2D eigenvalue weighted by molar-refractivity contribution is 9.10. The maximum atomic E-state index is 12.9. The van der Waals surface area contributed by atoms with Crippen molar-refractivity contribution in [3.05, 3.63) is 64.1 Å². The van der Waals surface area contributed by atoms with Crippen LogP contribution in [-0.2, 0) is 14.4 Å². The van der Waals surface area contributed by atoms with E-state index in [1.807, 2.05) is 0 Å². The van der Waals surface area contributed by atoms with Crippen molar-refractivity contribution < 1.29 is 23.9 Å². The molecule has 1 aliphatic heterocycles. The molecular formula is C19H14BrN3O5. The summed E-state index contributed by atoms with van der Waals surface area (Å²) < 4.78 is 5.99. The molecule has 1 heterocycles. The number of imide groups is 2. The van der Waals surface area contributed by atoms with Gasteiger partial charge in [0, 0.05) is 10.0 Å². The first-order valence-electron chi connectivity index (χ1n) is 8.04. The molecule has 2 aromatic carbocycles. The van der Waals surface area contributed by atoms with E-state index in [2.05, 4.69) is 21.2 Å². The highest BCUT2D eigenvalue weighted by Gasteiger charge is 2.36. The van der Waals surface area contributed by atoms with E-state index in [0.29, 0.717) is 15.7 Å². The number of carbonyl (C=O) groups is 4. The fourth-order valence-electron chi connectivity index (χ4n) is 2.54. The van der Waals surface area contributed by atoms with Crippen LogP contribution in [0.5, 0.6) is 5.75 Å². The van der Waals surface area contributed by atoms with E-state index in [1.165, 1.54) is 6.08 Å². The molecule has 0 aliphatic carbocycles. The monoisotopic (exact) mass is 443 g/mol. The Bertz CT molecular complexity index is 1000. The van der Waals surface area contributed by atoms with Gasteiger partial charge < -0.3 is 10.5 Å². The van der Waals surface area contributed by atoms with Crippen LogP contribution in [0.4, 0.5) is 10.5 Å². The first-order chi connectivity index (χ1) is 13.4. The summed E-state index contributed by atoms with van der Waals surface area (Å²) in [5, 5.41) is 2.15. The standard InChI is InChI=1S/C19H14BrN3O5/c20-12-6-7-15(28-10-16(21)24)11(8-12)9-14-17(25)22-19(27)23(18(14)26)13-4-2-1-3-5-13/h1-9H,10H2,(H2,21,24)(H,22,25,27)/b14-9+. The largest absolute Gasteiger partial charge is 0.483 e. The minimum atomic E-state index is -0.835. The molecule has 28 heavy (non-hydrogen) atoms. The van der Waals surface area contributed by atoms with Crippen LogP contribution >= 0.6 is 15.9 Å². The number of amides is 5. The van der Waals surface area contributed by atoms with Crippen LogP contribution in [0.25, 0.3) is 6.08 Å². The maximum Gasteiger partial charge on any atom is 0.335 e. The van der Waals surface area contributed by atoms with Crippen LogP contribution in [0.2, 0.25) is 0 Å². The molecule has 1 aliphatic rings. The molecule has 2 aromatic rings. The summed E-state index contributed by atoms with van der Waals surface area (Å²) >= 11 is 3.30. The number of ether oxygens (including phenoxy) is 1. The van der Waals surface area contributed by atoms with E-state index in [9.17, 15) is 19.2 Å². The lowest BCUT2D eigenvalue weighted by Gasteiger charge is -2.26. The molecule has 0 unspecified atom stereocenters. The number of hydrogen-bond donors (Lipinski definition) is 2. The van der Waals surface area contributed by atoms with E-state index in [0.717, 1.165) is 4.90 Å². The molecule has 0 spiro atoms. The quantitative estimate of drug-likeness (QED) is 0.540. The molecule has 0 atom stereocenters. The second-order valence-electron chi connectivity index (χ2n) is 5.73. The number of primary amides is 1. The molecule has 5 amide bonds. The minimum absolute atomic E-state index is 0.248. The fraction of sp³-hybridized carbons (Fsp3) is 0.0526. The van der Waals surface area contributed by atoms with Gasteiger partial charge in [-0.1, -0.05) is 34.1 Å². The summed E-state index contributed by atoms with van der Waals surface area (Å²) in [6.07, 6.45) is 1.29. The summed E-state index contributed by atoms with van der Waals surface area (Å²) in [6, 6.07) is 12.2. The third-order valence-electron chi connectivity index (χ3n) is 3.76. The molecular weight excluding hydrogens is 430 g/mol. The van der Waals surface area contributed by atoms with E-state index in [-0.39, 0.29) is 17.9 Å². The van der Waals surface area contributed by atoms with Crippen LogP contribution in [0, 0.1) is 0 Å². The van der Waals surface area contributed by atoms with Gasteiger partial charge in [-0.3, -0.25) is 19.7 Å². The predicted octanol–water partition coefficient (Wildman–Crippen LogP) is 1.98. The molecule has 3 rings (SSSR count). The van der Waals surface area contributed by atoms with Crippen molar-refractivity contribution in [2.24, 2.45) is 5.73 Å². The molecule has 0 saturated carbocycles. The highest BCUT2D eigenvalue weighted by atomic mass is 79.9. The average Bonchev–Trinajstić information content (AvgIpc) is 2.65. The lowest BCUT2D eigenvalue weighted by molar-refractivity contribution is -0.123. The zero-order chi connectivity index (χ0) is 20.3. The van der Waals surface area contributed by atoms with Crippen molar-refractivity contribution in [3.8, 4) is 5.75 Å². The van der Waals surface area contributed by atoms with Crippen molar-refractivity contribution in [1.82, 2.24) is 5.32 Å². The number of nitrogens with one attached hydrogen (secondary N) is 1. The Kier molecular flexibility index (Phi) is 5.55. The zero-order valence-corrected chi connectivity index (χ0v) is 15.9. The van der Waals surface area contributed by atoms with Gasteiger partial charge in [0.2, 0.25) is 0 Å². The Balaban J connectivity index is 2.02. The van der Waals surface area contributed by atoms with E-state index >= 15 is 0 Å². The molecule has 8 nitrogen and oxygen atoms in total. The summed E-state index contributed by atoms with van der Waals surface area (Å²) in [5.41, 5.74) is 5.52. The molecule has 0 aromatic heterocycles. The van der Waals surface area contributed by atoms with Gasteiger partial charge in [0.05, 0.1) is 5.69 Å². The summed E-state index contributed by atoms with van der Waals surface area (Å²) in [5.74, 6) is -2.03. The summed E-state index contributed by atoms with van der Waals surface area (Å²) in [7, 11) is 0. The molecule has 9 heteroatoms. The molecule has 0 radical (unpaired) electrons. The van der Waals surface area contributed by atoms with Gasteiger partial charge in [-0.15, -0.1) is 0 Å². The highest BCUT2D eigenvalue weighted by Crippen LogP contribution is 2.28. The van der Waals surface area contributed by atoms with Crippen molar-refractivity contribution in [1.29, 1.82) is 0 Å². The Morgan fingerprint density at radius 2 is 1.86 bits per heavy atom. The summed E-state index contributed by atoms with van der Waals surface area (Å²) in [4.78, 5) is 49.2. The third kappa shape index (κ3) is 4.09. The number of urea groups is 1. The number of rotatable bonds is 5. The number of nitrogens with zero attached hydrogens (tertiary/aromatic N) is 1. The van der Waals surface area contributed by atoms with Crippen LogP contribution in [0.3, 0.4) is 0 Å². The lowest BCUT2D eigenvalue weighted by Crippen LogP contribution is -2.54. The average molecular weight is 444 g/mol. The second kappa shape index (κ2) is 8.05. The Labute approximate surface area is 168 Å². The number of barbiturate groups is 1. The number of halogens is 1. The normalized spacial score (nSPS) is 15.5. The van der Waals surface area contributed by atoms with Gasteiger partial charge in [0.15, 0.2) is 6.61 Å². The predicted molar refractivity (Wildman–Crippen MR) is 104 cm³/mol. The van der Waals surface area contributed by atoms with Gasteiger partial charge in [0.1, 0.15) is 11.3 Å². The van der Waals surface area contributed by atoms with Crippen LogP contribution in [0.15, 0.2) is 58.6 Å². The van der Waals surface area contributed by atoms with Crippen LogP contribution in [0.1, 0.15) is 5.56 Å². The number of para-hydroxylation sites is 1. The third-order valence-corrected chi connectivity index (χ3v) is 4.25. The van der Waals surface area contributed by atoms with Gasteiger partial charge in [-0.2, -0.15) is 0 Å². The van der Waals surface area contributed by atoms with Crippen LogP contribution in [-0.4, -0.2) is 30.4 Å². The number of hydrogen-bond acceptors (Lipinski definition) is 5. The number of nitrogens with two attached hydrogens (primary N) is 1. The number of benzene rings is 2. The molecule has 1 fully saturated rings. The van der Waals surface area contributed by atoms with Crippen LogP contribution < -0.4 is 20.7 Å². The SMILES string of the molecule is NC(=O)COc1ccc(Br)cc1/C=C1\C(=O)NC(=O)N(c2ccccc2)C1=O. The number of anilines is 1. The van der Waals surface area contributed by atoms with Crippen molar-refractivity contribution in [2.75, 3.05) is 11.5 Å². The zero-order valence-electron chi connectivity index (χ0n) is 14.3. The van der Waals surface area contributed by atoms with E-state index in [1.54, 1.807) is 48.5 Å². The van der Waals surface area contributed by atoms with E-state index in [4.69, 9.17) is 10.5 Å². The van der Waals surface area contributed by atoms with Gasteiger partial charge in [-0.25, -0.2) is 9.69 Å². The second-order valence-corrected chi connectivity index (χ2v) is 6.65. The van der Waals surface area contributed by atoms with Gasteiger partial charge >= 0.3 is 6.03 Å². The molecule has 3 N–H and O–H groups in total. The smallest absolute Gasteiger partial charge is 0.335 e. The number of carbonyl (C=O) groups excluding carboxylic acids is 4. The molecule has 0 bridgehead atoms. The van der Waals surface area contributed by atoms with Gasteiger partial charge in [0.25, 0.3) is 17.7 Å². The lowest BCUT2D eigenvalue weighted by atomic mass is 10.1. The molecule has 1 saturated heterocycles. The Morgan fingerprint density at radius 1 is 1.14 bits per heavy atom. The first-order valence-corrected chi connectivity index (χ1v) is 8.83. The van der Waals surface area contributed by atoms with Crippen molar-refractivity contribution >= 4 is 51.4 Å². The maximum absolute atomic E-state index is 12.9. The summed E-state index contributed by atoms with van der Waals surface area (Å²) in [6.45, 7) is -0.368. The van der Waals surface area contributed by atoms with Crippen molar-refractivity contribution in [2.45, 2.75) is 0 Å². The topological polar surface area (TPSA) is 119 Å². The van der Waals surface area contributed by atoms with E-state index < -0.39 is 23.8 Å². The molecule has 142 valence electrons. The first kappa shape index (κ1) is 19.3. The Morgan fingerprint density at radius 3 is 2.54 bits per heavy atom. The fourth-order valence-corrected chi connectivity index (χ4v) is 2.92. The van der Waals surface area contributed by atoms with Crippen molar-refractivity contribution in [3.63, 3.8) is 0 Å². The van der Waals surface area contributed by atoms with Gasteiger partial charge in [-0.05, 0) is 36.4 Å².